The molecule has 1 nitrogen and oxygen atoms in total. The third-order valence-electron chi connectivity index (χ3n) is 6.89. The van der Waals surface area contributed by atoms with Gasteiger partial charge in [0.25, 0.3) is 0 Å². The van der Waals surface area contributed by atoms with Crippen LogP contribution in [0, 0.1) is 17.6 Å². The molecule has 4 heteroatoms. The molecule has 1 fully saturated rings. The number of rotatable bonds is 7. The fraction of sp³-hybridized carbons (Fsp3) is 0.333. The second-order valence-electron chi connectivity index (χ2n) is 9.03. The molecule has 0 saturated heterocycles. The van der Waals surface area contributed by atoms with E-state index >= 15 is 4.39 Å². The number of ether oxygens (including phenoxy) is 1. The molecule has 2 aromatic rings. The standard InChI is InChI=1S/C30H31F3O/c1-3-20-5-10-22(11-6-20)26-17-18-27(30(33)29(26)32)23-12-7-21(8-13-23)9-14-24-15-16-25(34-4-2)19-28(24)31/h3,5-6,9-11,14-15,17-19,21,23,25H,1,4,7-8,12-13,16H2,2H3/b14-9+. The van der Waals surface area contributed by atoms with Gasteiger partial charge in [-0.3, -0.25) is 0 Å². The average molecular weight is 465 g/mol. The molecule has 0 heterocycles. The van der Waals surface area contributed by atoms with E-state index in [4.69, 9.17) is 4.74 Å². The molecule has 0 aliphatic heterocycles. The van der Waals surface area contributed by atoms with E-state index in [1.807, 2.05) is 31.2 Å². The smallest absolute Gasteiger partial charge is 0.166 e. The first kappa shape index (κ1) is 24.3. The number of allylic oxidation sites excluding steroid dienone is 4. The molecule has 2 aliphatic carbocycles. The lowest BCUT2D eigenvalue weighted by Crippen LogP contribution is -2.14. The second-order valence-corrected chi connectivity index (χ2v) is 9.03. The lowest BCUT2D eigenvalue weighted by atomic mass is 9.78. The minimum absolute atomic E-state index is 0.00572. The minimum atomic E-state index is -0.789. The van der Waals surface area contributed by atoms with E-state index in [0.29, 0.717) is 35.6 Å². The topological polar surface area (TPSA) is 9.23 Å². The van der Waals surface area contributed by atoms with E-state index in [9.17, 15) is 8.78 Å². The summed E-state index contributed by atoms with van der Waals surface area (Å²) in [7, 11) is 0. The maximum atomic E-state index is 15.0. The summed E-state index contributed by atoms with van der Waals surface area (Å²) in [5.41, 5.74) is 2.91. The van der Waals surface area contributed by atoms with Crippen LogP contribution in [0.1, 0.15) is 56.1 Å². The molecule has 0 amide bonds. The van der Waals surface area contributed by atoms with E-state index in [-0.39, 0.29) is 23.4 Å². The number of halogens is 3. The zero-order valence-corrected chi connectivity index (χ0v) is 19.6. The predicted molar refractivity (Wildman–Crippen MR) is 133 cm³/mol. The van der Waals surface area contributed by atoms with E-state index in [1.165, 1.54) is 6.08 Å². The molecule has 0 radical (unpaired) electrons. The molecular weight excluding hydrogens is 433 g/mol. The third-order valence-corrected chi connectivity index (χ3v) is 6.89. The predicted octanol–water partition coefficient (Wildman–Crippen LogP) is 8.69. The highest BCUT2D eigenvalue weighted by atomic mass is 19.2. The molecular formula is C30H31F3O. The van der Waals surface area contributed by atoms with Crippen LogP contribution < -0.4 is 0 Å². The van der Waals surface area contributed by atoms with Crippen LogP contribution in [-0.4, -0.2) is 12.7 Å². The van der Waals surface area contributed by atoms with Crippen molar-refractivity contribution in [1.82, 2.24) is 0 Å². The van der Waals surface area contributed by atoms with E-state index in [2.05, 4.69) is 12.7 Å². The summed E-state index contributed by atoms with van der Waals surface area (Å²) >= 11 is 0. The molecule has 1 atom stereocenters. The maximum Gasteiger partial charge on any atom is 0.166 e. The van der Waals surface area contributed by atoms with Crippen molar-refractivity contribution in [2.24, 2.45) is 5.92 Å². The van der Waals surface area contributed by atoms with E-state index < -0.39 is 11.6 Å². The van der Waals surface area contributed by atoms with Crippen molar-refractivity contribution in [1.29, 1.82) is 0 Å². The van der Waals surface area contributed by atoms with Crippen molar-refractivity contribution < 1.29 is 17.9 Å². The highest BCUT2D eigenvalue weighted by molar-refractivity contribution is 5.66. The van der Waals surface area contributed by atoms with E-state index in [1.54, 1.807) is 30.3 Å². The van der Waals surface area contributed by atoms with Gasteiger partial charge < -0.3 is 4.74 Å². The molecule has 0 spiro atoms. The Labute approximate surface area is 200 Å². The largest absolute Gasteiger partial charge is 0.374 e. The zero-order valence-electron chi connectivity index (χ0n) is 19.6. The van der Waals surface area contributed by atoms with Gasteiger partial charge in [0, 0.05) is 17.7 Å². The maximum absolute atomic E-state index is 15.0. The molecule has 178 valence electrons. The lowest BCUT2D eigenvalue weighted by Gasteiger charge is -2.28. The van der Waals surface area contributed by atoms with Crippen LogP contribution in [0.4, 0.5) is 13.2 Å². The molecule has 2 aliphatic rings. The Hall–Kier alpha value is -2.85. The molecule has 34 heavy (non-hydrogen) atoms. The SMILES string of the molecule is C=Cc1ccc(-c2ccc(C3CCC(/C=C/C4=CCC(OCC)C=C4F)CC3)c(F)c2F)cc1. The van der Waals surface area contributed by atoms with Crippen LogP contribution in [0.5, 0.6) is 0 Å². The minimum Gasteiger partial charge on any atom is -0.374 e. The van der Waals surface area contributed by atoms with Gasteiger partial charge in [-0.15, -0.1) is 0 Å². The highest BCUT2D eigenvalue weighted by Crippen LogP contribution is 2.39. The number of hydrogen-bond donors (Lipinski definition) is 0. The fourth-order valence-electron chi connectivity index (χ4n) is 4.91. The Morgan fingerprint density at radius 3 is 2.35 bits per heavy atom. The van der Waals surface area contributed by atoms with Gasteiger partial charge in [0.2, 0.25) is 0 Å². The molecule has 0 N–H and O–H groups in total. The van der Waals surface area contributed by atoms with Crippen LogP contribution in [0.25, 0.3) is 17.2 Å². The van der Waals surface area contributed by atoms with Crippen molar-refractivity contribution in [2.75, 3.05) is 6.61 Å². The van der Waals surface area contributed by atoms with Crippen LogP contribution >= 0.6 is 0 Å². The Bertz CT molecular complexity index is 1100. The molecule has 0 aromatic heterocycles. The van der Waals surface area contributed by atoms with Gasteiger partial charge in [-0.05, 0) is 73.6 Å². The molecule has 2 aromatic carbocycles. The van der Waals surface area contributed by atoms with Crippen molar-refractivity contribution in [2.45, 2.75) is 51.0 Å². The Kier molecular flexibility index (Phi) is 7.89. The van der Waals surface area contributed by atoms with Gasteiger partial charge in [0.1, 0.15) is 5.83 Å². The van der Waals surface area contributed by atoms with Gasteiger partial charge in [0.15, 0.2) is 11.6 Å². The van der Waals surface area contributed by atoms with Gasteiger partial charge in [-0.1, -0.05) is 67.3 Å². The van der Waals surface area contributed by atoms with Gasteiger partial charge in [-0.25, -0.2) is 13.2 Å². The lowest BCUT2D eigenvalue weighted by molar-refractivity contribution is 0.0958. The van der Waals surface area contributed by atoms with E-state index in [0.717, 1.165) is 31.2 Å². The third kappa shape index (κ3) is 5.44. The number of benzene rings is 2. The van der Waals surface area contributed by atoms with Crippen molar-refractivity contribution >= 4 is 6.08 Å². The summed E-state index contributed by atoms with van der Waals surface area (Å²) < 4.78 is 49.7. The average Bonchev–Trinajstić information content (AvgIpc) is 2.86. The zero-order chi connectivity index (χ0) is 24.1. The first-order valence-corrected chi connectivity index (χ1v) is 12.1. The Balaban J connectivity index is 1.38. The molecule has 1 saturated carbocycles. The number of hydrogen-bond acceptors (Lipinski definition) is 1. The van der Waals surface area contributed by atoms with Crippen LogP contribution in [0.3, 0.4) is 0 Å². The summed E-state index contributed by atoms with van der Waals surface area (Å²) in [6, 6.07) is 10.7. The summed E-state index contributed by atoms with van der Waals surface area (Å²) in [5, 5.41) is 0. The van der Waals surface area contributed by atoms with Crippen molar-refractivity contribution in [3.8, 4) is 11.1 Å². The summed E-state index contributed by atoms with van der Waals surface area (Å²) in [6.07, 6.45) is 12.8. The van der Waals surface area contributed by atoms with Crippen LogP contribution in [0.2, 0.25) is 0 Å². The first-order valence-electron chi connectivity index (χ1n) is 12.1. The normalized spacial score (nSPS) is 23.0. The fourth-order valence-corrected chi connectivity index (χ4v) is 4.91. The summed E-state index contributed by atoms with van der Waals surface area (Å²) in [6.45, 7) is 6.18. The van der Waals surface area contributed by atoms with Crippen LogP contribution in [-0.2, 0) is 4.74 Å². The van der Waals surface area contributed by atoms with Gasteiger partial charge in [0.05, 0.1) is 6.10 Å². The monoisotopic (exact) mass is 464 g/mol. The van der Waals surface area contributed by atoms with Crippen LogP contribution in [0.15, 0.2) is 78.7 Å². The molecule has 4 rings (SSSR count). The second kappa shape index (κ2) is 11.1. The quantitative estimate of drug-likeness (QED) is 0.398. The summed E-state index contributed by atoms with van der Waals surface area (Å²) in [4.78, 5) is 0. The summed E-state index contributed by atoms with van der Waals surface area (Å²) in [5.74, 6) is -1.47. The van der Waals surface area contributed by atoms with Gasteiger partial charge >= 0.3 is 0 Å². The van der Waals surface area contributed by atoms with Gasteiger partial charge in [-0.2, -0.15) is 0 Å². The highest BCUT2D eigenvalue weighted by Gasteiger charge is 2.26. The Morgan fingerprint density at radius 1 is 0.971 bits per heavy atom. The molecule has 1 unspecified atom stereocenters. The Morgan fingerprint density at radius 2 is 1.71 bits per heavy atom. The van der Waals surface area contributed by atoms with Crippen molar-refractivity contribution in [3.63, 3.8) is 0 Å². The van der Waals surface area contributed by atoms with Crippen molar-refractivity contribution in [3.05, 3.63) is 101 Å². The first-order chi connectivity index (χ1) is 16.5. The molecule has 0 bridgehead atoms.